The van der Waals surface area contributed by atoms with Gasteiger partial charge in [-0.1, -0.05) is 15.9 Å². The molecule has 4 nitrogen and oxygen atoms in total. The average molecular weight is 349 g/mol. The Morgan fingerprint density at radius 3 is 2.19 bits per heavy atom. The second-order valence-electron chi connectivity index (χ2n) is 5.15. The summed E-state index contributed by atoms with van der Waals surface area (Å²) in [5.74, 6) is -0.594. The van der Waals surface area contributed by atoms with E-state index in [4.69, 9.17) is 0 Å². The number of hydrogen-bond donors (Lipinski definition) is 2. The molecule has 0 radical (unpaired) electrons. The molecule has 0 bridgehead atoms. The van der Waals surface area contributed by atoms with Crippen LogP contribution in [-0.4, -0.2) is 16.1 Å². The fraction of sp³-hybridized carbons (Fsp3) is 0.250. The zero-order valence-electron chi connectivity index (χ0n) is 12.4. The number of halogens is 1. The maximum atomic E-state index is 11.5. The van der Waals surface area contributed by atoms with Gasteiger partial charge in [-0.3, -0.25) is 0 Å². The molecule has 21 heavy (non-hydrogen) atoms. The van der Waals surface area contributed by atoms with E-state index >= 15 is 0 Å². The van der Waals surface area contributed by atoms with Crippen LogP contribution in [0.3, 0.4) is 0 Å². The number of nitrogens with zero attached hydrogens (tertiary/aromatic N) is 1. The molecule has 0 aliphatic carbocycles. The van der Waals surface area contributed by atoms with Crippen molar-refractivity contribution >= 4 is 33.4 Å². The summed E-state index contributed by atoms with van der Waals surface area (Å²) >= 11 is 3.46. The van der Waals surface area contributed by atoms with Gasteiger partial charge in [-0.25, -0.2) is 9.78 Å². The number of benzene rings is 1. The molecule has 1 aromatic carbocycles. The zero-order valence-corrected chi connectivity index (χ0v) is 14.0. The molecule has 0 saturated carbocycles. The summed E-state index contributed by atoms with van der Waals surface area (Å²) in [6, 6.07) is 5.74. The fourth-order valence-corrected chi connectivity index (χ4v) is 3.11. The third kappa shape index (κ3) is 3.24. The van der Waals surface area contributed by atoms with Gasteiger partial charge in [0.1, 0.15) is 11.4 Å². The summed E-state index contributed by atoms with van der Waals surface area (Å²) in [7, 11) is 0. The van der Waals surface area contributed by atoms with Gasteiger partial charge in [0, 0.05) is 15.9 Å². The van der Waals surface area contributed by atoms with Crippen LogP contribution in [0.1, 0.15) is 32.7 Å². The van der Waals surface area contributed by atoms with Crippen LogP contribution in [0, 0.1) is 27.7 Å². The molecule has 1 heterocycles. The molecular formula is C16H17BrN2O2. The quantitative estimate of drug-likeness (QED) is 0.855. The number of anilines is 2. The number of rotatable bonds is 3. The first-order valence-corrected chi connectivity index (χ1v) is 7.34. The van der Waals surface area contributed by atoms with Crippen molar-refractivity contribution in [2.24, 2.45) is 0 Å². The van der Waals surface area contributed by atoms with Crippen LogP contribution >= 0.6 is 15.9 Å². The van der Waals surface area contributed by atoms with Gasteiger partial charge in [0.15, 0.2) is 0 Å². The average Bonchev–Trinajstić information content (AvgIpc) is 2.32. The summed E-state index contributed by atoms with van der Waals surface area (Å²) in [6.45, 7) is 7.59. The van der Waals surface area contributed by atoms with E-state index < -0.39 is 5.97 Å². The second kappa shape index (κ2) is 5.85. The molecule has 0 fully saturated rings. The van der Waals surface area contributed by atoms with E-state index in [9.17, 15) is 9.90 Å². The van der Waals surface area contributed by atoms with E-state index in [1.54, 1.807) is 13.0 Å². The monoisotopic (exact) mass is 348 g/mol. The van der Waals surface area contributed by atoms with E-state index in [2.05, 4.69) is 26.2 Å². The molecule has 110 valence electrons. The number of pyridine rings is 1. The number of carboxylic acid groups (broad SMARTS) is 1. The van der Waals surface area contributed by atoms with Crippen molar-refractivity contribution in [2.75, 3.05) is 5.32 Å². The van der Waals surface area contributed by atoms with Gasteiger partial charge in [-0.15, -0.1) is 0 Å². The molecule has 0 unspecified atom stereocenters. The summed E-state index contributed by atoms with van der Waals surface area (Å²) in [4.78, 5) is 15.8. The molecule has 0 aliphatic heterocycles. The molecule has 0 aliphatic rings. The van der Waals surface area contributed by atoms with Crippen molar-refractivity contribution < 1.29 is 9.90 Å². The van der Waals surface area contributed by atoms with E-state index in [0.717, 1.165) is 27.0 Å². The van der Waals surface area contributed by atoms with Gasteiger partial charge in [0.05, 0.1) is 0 Å². The van der Waals surface area contributed by atoms with Crippen LogP contribution in [-0.2, 0) is 0 Å². The largest absolute Gasteiger partial charge is 0.478 e. The van der Waals surface area contributed by atoms with Crippen LogP contribution < -0.4 is 5.32 Å². The number of hydrogen-bond acceptors (Lipinski definition) is 3. The van der Waals surface area contributed by atoms with E-state index in [1.807, 2.05) is 32.9 Å². The van der Waals surface area contributed by atoms with Crippen molar-refractivity contribution in [3.05, 3.63) is 50.6 Å². The van der Waals surface area contributed by atoms with E-state index in [0.29, 0.717) is 11.4 Å². The van der Waals surface area contributed by atoms with Crippen molar-refractivity contribution in [2.45, 2.75) is 27.7 Å². The number of carbonyl (C=O) groups is 1. The summed E-state index contributed by atoms with van der Waals surface area (Å²) in [5, 5.41) is 12.6. The van der Waals surface area contributed by atoms with Crippen LogP contribution in [0.2, 0.25) is 0 Å². The Kier molecular flexibility index (Phi) is 4.32. The summed E-state index contributed by atoms with van der Waals surface area (Å²) in [5.41, 5.74) is 4.64. The van der Waals surface area contributed by atoms with E-state index in [-0.39, 0.29) is 5.56 Å². The smallest absolute Gasteiger partial charge is 0.339 e. The van der Waals surface area contributed by atoms with Gasteiger partial charge in [-0.2, -0.15) is 0 Å². The Balaban J connectivity index is 2.57. The number of aromatic carboxylic acids is 1. The van der Waals surface area contributed by atoms with E-state index in [1.165, 1.54) is 0 Å². The first-order valence-electron chi connectivity index (χ1n) is 6.55. The van der Waals surface area contributed by atoms with Crippen molar-refractivity contribution in [3.63, 3.8) is 0 Å². The molecule has 2 rings (SSSR count). The van der Waals surface area contributed by atoms with Crippen LogP contribution in [0.5, 0.6) is 0 Å². The normalized spacial score (nSPS) is 10.5. The molecular weight excluding hydrogens is 332 g/mol. The predicted molar refractivity (Wildman–Crippen MR) is 87.6 cm³/mol. The highest BCUT2D eigenvalue weighted by molar-refractivity contribution is 9.10. The molecule has 2 aromatic rings. The first-order chi connectivity index (χ1) is 9.79. The van der Waals surface area contributed by atoms with Crippen LogP contribution in [0.15, 0.2) is 22.7 Å². The van der Waals surface area contributed by atoms with Crippen molar-refractivity contribution in [3.8, 4) is 0 Å². The minimum Gasteiger partial charge on any atom is -0.478 e. The van der Waals surface area contributed by atoms with Gasteiger partial charge in [0.2, 0.25) is 0 Å². The second-order valence-corrected chi connectivity index (χ2v) is 6.06. The van der Waals surface area contributed by atoms with Crippen molar-refractivity contribution in [1.82, 2.24) is 4.98 Å². The molecule has 0 saturated heterocycles. The third-order valence-corrected chi connectivity index (χ3v) is 3.76. The van der Waals surface area contributed by atoms with Gasteiger partial charge < -0.3 is 10.4 Å². The standard InChI is InChI=1S/C16H17BrN2O2/c1-8-5-11(4)18-15(13(8)16(20)21)19-14-9(2)6-12(17)7-10(14)3/h5-7H,1-4H3,(H,18,19)(H,20,21). The highest BCUT2D eigenvalue weighted by Gasteiger charge is 2.17. The molecule has 1 aromatic heterocycles. The molecule has 0 amide bonds. The molecule has 0 atom stereocenters. The maximum absolute atomic E-state index is 11.5. The zero-order chi connectivity index (χ0) is 15.7. The predicted octanol–water partition coefficient (Wildman–Crippen LogP) is 4.52. The topological polar surface area (TPSA) is 62.2 Å². The molecule has 0 spiro atoms. The minimum atomic E-state index is -0.977. The Hall–Kier alpha value is -1.88. The SMILES string of the molecule is Cc1cc(C)c(C(=O)O)c(Nc2c(C)cc(Br)cc2C)n1. The van der Waals surface area contributed by atoms with Gasteiger partial charge in [0.25, 0.3) is 0 Å². The lowest BCUT2D eigenvalue weighted by Crippen LogP contribution is -2.09. The highest BCUT2D eigenvalue weighted by Crippen LogP contribution is 2.29. The lowest BCUT2D eigenvalue weighted by Gasteiger charge is -2.16. The number of carboxylic acids is 1. The maximum Gasteiger partial charge on any atom is 0.339 e. The third-order valence-electron chi connectivity index (χ3n) is 3.30. The molecule has 5 heteroatoms. The van der Waals surface area contributed by atoms with Gasteiger partial charge >= 0.3 is 5.97 Å². The number of aryl methyl sites for hydroxylation is 4. The first kappa shape index (κ1) is 15.5. The molecule has 2 N–H and O–H groups in total. The Labute approximate surface area is 132 Å². The Bertz CT molecular complexity index is 703. The van der Waals surface area contributed by atoms with Crippen LogP contribution in [0.4, 0.5) is 11.5 Å². The number of aromatic nitrogens is 1. The Morgan fingerprint density at radius 2 is 1.67 bits per heavy atom. The lowest BCUT2D eigenvalue weighted by molar-refractivity contribution is 0.0697. The number of nitrogens with one attached hydrogen (secondary N) is 1. The summed E-state index contributed by atoms with van der Waals surface area (Å²) in [6.07, 6.45) is 0. The lowest BCUT2D eigenvalue weighted by atomic mass is 10.1. The van der Waals surface area contributed by atoms with Crippen molar-refractivity contribution in [1.29, 1.82) is 0 Å². The fourth-order valence-electron chi connectivity index (χ4n) is 2.42. The minimum absolute atomic E-state index is 0.210. The Morgan fingerprint density at radius 1 is 1.10 bits per heavy atom. The highest BCUT2D eigenvalue weighted by atomic mass is 79.9. The van der Waals surface area contributed by atoms with Crippen LogP contribution in [0.25, 0.3) is 0 Å². The summed E-state index contributed by atoms with van der Waals surface area (Å²) < 4.78 is 0.995. The van der Waals surface area contributed by atoms with Gasteiger partial charge in [-0.05, 0) is 62.6 Å².